The smallest absolute Gasteiger partial charge is 0.124 e. The van der Waals surface area contributed by atoms with Crippen LogP contribution >= 0.6 is 0 Å². The first kappa shape index (κ1) is 12.5. The van der Waals surface area contributed by atoms with Crippen LogP contribution in [0.4, 0.5) is 0 Å². The van der Waals surface area contributed by atoms with Crippen LogP contribution in [0.15, 0.2) is 6.07 Å². The number of nitriles is 1. The minimum atomic E-state index is -0.261. The van der Waals surface area contributed by atoms with Crippen molar-refractivity contribution in [2.24, 2.45) is 0 Å². The Morgan fingerprint density at radius 2 is 1.94 bits per heavy atom. The number of rotatable bonds is 3. The fraction of sp³-hybridized carbons (Fsp3) is 0.462. The number of hydrogen-bond acceptors (Lipinski definition) is 3. The van der Waals surface area contributed by atoms with E-state index >= 15 is 0 Å². The second-order valence-electron chi connectivity index (χ2n) is 3.92. The monoisotopic (exact) mass is 218 g/mol. The van der Waals surface area contributed by atoms with Gasteiger partial charge in [-0.1, -0.05) is 0 Å². The Bertz CT molecular complexity index is 433. The molecule has 3 nitrogen and oxygen atoms in total. The average Bonchev–Trinajstić information content (AvgIpc) is 2.27. The van der Waals surface area contributed by atoms with Crippen molar-refractivity contribution in [3.8, 4) is 11.8 Å². The maximum Gasteiger partial charge on any atom is 0.124 e. The molecule has 0 spiro atoms. The molecule has 0 heterocycles. The zero-order valence-corrected chi connectivity index (χ0v) is 10.5. The lowest BCUT2D eigenvalue weighted by Gasteiger charge is -2.18. The van der Waals surface area contributed by atoms with E-state index in [9.17, 15) is 0 Å². The summed E-state index contributed by atoms with van der Waals surface area (Å²) in [6, 6.07) is 4.01. The molecule has 0 amide bonds. The predicted octanol–water partition coefficient (Wildman–Crippen LogP) is 2.40. The summed E-state index contributed by atoms with van der Waals surface area (Å²) in [7, 11) is 3.47. The van der Waals surface area contributed by atoms with Crippen molar-refractivity contribution in [3.05, 3.63) is 28.3 Å². The fourth-order valence-electron chi connectivity index (χ4n) is 1.99. The van der Waals surface area contributed by atoms with Crippen molar-refractivity contribution in [3.63, 3.8) is 0 Å². The largest absolute Gasteiger partial charge is 0.496 e. The normalized spacial score (nSPS) is 12.0. The molecule has 1 atom stereocenters. The van der Waals surface area contributed by atoms with E-state index in [4.69, 9.17) is 10.00 Å². The Morgan fingerprint density at radius 1 is 1.31 bits per heavy atom. The van der Waals surface area contributed by atoms with Crippen LogP contribution in [0.1, 0.15) is 28.3 Å². The van der Waals surface area contributed by atoms with Crippen LogP contribution in [0.2, 0.25) is 0 Å². The number of benzene rings is 1. The van der Waals surface area contributed by atoms with Crippen LogP contribution in [-0.4, -0.2) is 14.2 Å². The summed E-state index contributed by atoms with van der Waals surface area (Å²) in [5, 5.41) is 12.1. The lowest BCUT2D eigenvalue weighted by atomic mass is 9.94. The van der Waals surface area contributed by atoms with Crippen molar-refractivity contribution >= 4 is 0 Å². The van der Waals surface area contributed by atoms with E-state index in [1.807, 2.05) is 26.8 Å². The molecule has 3 heteroatoms. The van der Waals surface area contributed by atoms with Gasteiger partial charge in [0.1, 0.15) is 11.8 Å². The van der Waals surface area contributed by atoms with Gasteiger partial charge < -0.3 is 10.1 Å². The van der Waals surface area contributed by atoms with Crippen LogP contribution in [0.5, 0.6) is 5.75 Å². The minimum Gasteiger partial charge on any atom is -0.496 e. The van der Waals surface area contributed by atoms with E-state index in [1.165, 1.54) is 0 Å². The molecule has 0 radical (unpaired) electrons. The first-order valence-corrected chi connectivity index (χ1v) is 5.28. The average molecular weight is 218 g/mol. The van der Waals surface area contributed by atoms with Gasteiger partial charge >= 0.3 is 0 Å². The molecular formula is C13H18N2O. The quantitative estimate of drug-likeness (QED) is 0.847. The van der Waals surface area contributed by atoms with Crippen molar-refractivity contribution in [1.82, 2.24) is 5.32 Å². The number of ether oxygens (including phenoxy) is 1. The van der Waals surface area contributed by atoms with Crippen LogP contribution in [0.3, 0.4) is 0 Å². The van der Waals surface area contributed by atoms with E-state index in [0.29, 0.717) is 0 Å². The Kier molecular flexibility index (Phi) is 3.92. The van der Waals surface area contributed by atoms with Gasteiger partial charge in [-0.05, 0) is 56.1 Å². The highest BCUT2D eigenvalue weighted by atomic mass is 16.5. The van der Waals surface area contributed by atoms with E-state index in [1.54, 1.807) is 14.2 Å². The van der Waals surface area contributed by atoms with Crippen molar-refractivity contribution < 1.29 is 4.74 Å². The molecule has 16 heavy (non-hydrogen) atoms. The molecule has 0 aliphatic heterocycles. The SMILES string of the molecule is CNC(C#N)c1cc(C)c(OC)c(C)c1C. The Labute approximate surface area is 97.0 Å². The third kappa shape index (κ3) is 2.02. The summed E-state index contributed by atoms with van der Waals surface area (Å²) in [6.45, 7) is 6.04. The van der Waals surface area contributed by atoms with Gasteiger partial charge in [0.05, 0.1) is 13.2 Å². The number of hydrogen-bond donors (Lipinski definition) is 1. The zero-order chi connectivity index (χ0) is 12.3. The summed E-state index contributed by atoms with van der Waals surface area (Å²) in [5.74, 6) is 0.911. The lowest BCUT2D eigenvalue weighted by Crippen LogP contribution is -2.16. The molecule has 1 rings (SSSR count). The molecule has 0 bridgehead atoms. The summed E-state index contributed by atoms with van der Waals surface area (Å²) < 4.78 is 5.36. The molecule has 0 aliphatic rings. The molecule has 0 saturated carbocycles. The highest BCUT2D eigenvalue weighted by Crippen LogP contribution is 2.31. The van der Waals surface area contributed by atoms with Crippen molar-refractivity contribution in [2.45, 2.75) is 26.8 Å². The van der Waals surface area contributed by atoms with Gasteiger partial charge in [-0.15, -0.1) is 0 Å². The Balaban J connectivity index is 3.40. The second-order valence-corrected chi connectivity index (χ2v) is 3.92. The van der Waals surface area contributed by atoms with Crippen LogP contribution < -0.4 is 10.1 Å². The van der Waals surface area contributed by atoms with E-state index in [0.717, 1.165) is 28.0 Å². The van der Waals surface area contributed by atoms with Gasteiger partial charge in [-0.25, -0.2) is 0 Å². The van der Waals surface area contributed by atoms with Crippen LogP contribution in [0, 0.1) is 32.1 Å². The Morgan fingerprint density at radius 3 is 2.38 bits per heavy atom. The summed E-state index contributed by atoms with van der Waals surface area (Å²) in [5.41, 5.74) is 4.31. The first-order valence-electron chi connectivity index (χ1n) is 5.28. The number of aryl methyl sites for hydroxylation is 1. The third-order valence-corrected chi connectivity index (χ3v) is 3.00. The maximum atomic E-state index is 9.07. The lowest BCUT2D eigenvalue weighted by molar-refractivity contribution is 0.407. The first-order chi connectivity index (χ1) is 7.56. The predicted molar refractivity (Wildman–Crippen MR) is 64.6 cm³/mol. The highest BCUT2D eigenvalue weighted by Gasteiger charge is 2.16. The Hall–Kier alpha value is -1.53. The molecule has 1 unspecified atom stereocenters. The molecule has 0 aliphatic carbocycles. The molecule has 1 aromatic rings. The van der Waals surface area contributed by atoms with Crippen molar-refractivity contribution in [2.75, 3.05) is 14.2 Å². The highest BCUT2D eigenvalue weighted by molar-refractivity contribution is 5.50. The maximum absolute atomic E-state index is 9.07. The van der Waals surface area contributed by atoms with E-state index in [-0.39, 0.29) is 6.04 Å². The van der Waals surface area contributed by atoms with Gasteiger partial charge in [-0.3, -0.25) is 0 Å². The third-order valence-electron chi connectivity index (χ3n) is 3.00. The van der Waals surface area contributed by atoms with Gasteiger partial charge in [0.25, 0.3) is 0 Å². The minimum absolute atomic E-state index is 0.261. The summed E-state index contributed by atoms with van der Waals surface area (Å²) in [6.07, 6.45) is 0. The zero-order valence-electron chi connectivity index (χ0n) is 10.5. The summed E-state index contributed by atoms with van der Waals surface area (Å²) >= 11 is 0. The fourth-order valence-corrected chi connectivity index (χ4v) is 1.99. The number of nitrogens with one attached hydrogen (secondary N) is 1. The van der Waals surface area contributed by atoms with E-state index in [2.05, 4.69) is 11.4 Å². The van der Waals surface area contributed by atoms with Crippen LogP contribution in [-0.2, 0) is 0 Å². The molecule has 1 N–H and O–H groups in total. The van der Waals surface area contributed by atoms with Gasteiger partial charge in [0, 0.05) is 0 Å². The molecule has 0 aromatic heterocycles. The van der Waals surface area contributed by atoms with E-state index < -0.39 is 0 Å². The van der Waals surface area contributed by atoms with Gasteiger partial charge in [0.15, 0.2) is 0 Å². The number of nitrogens with zero attached hydrogens (tertiary/aromatic N) is 1. The standard InChI is InChI=1S/C13H18N2O/c1-8-6-11(12(7-14)15-4)9(2)10(3)13(8)16-5/h6,12,15H,1-5H3. The molecular weight excluding hydrogens is 200 g/mol. The molecule has 86 valence electrons. The van der Waals surface area contributed by atoms with Crippen molar-refractivity contribution in [1.29, 1.82) is 5.26 Å². The second kappa shape index (κ2) is 5.00. The number of methoxy groups -OCH3 is 1. The molecule has 1 aromatic carbocycles. The van der Waals surface area contributed by atoms with Crippen LogP contribution in [0.25, 0.3) is 0 Å². The molecule has 0 fully saturated rings. The topological polar surface area (TPSA) is 45.0 Å². The van der Waals surface area contributed by atoms with Gasteiger partial charge in [-0.2, -0.15) is 5.26 Å². The summed E-state index contributed by atoms with van der Waals surface area (Å²) in [4.78, 5) is 0. The van der Waals surface area contributed by atoms with Gasteiger partial charge in [0.2, 0.25) is 0 Å². The molecule has 0 saturated heterocycles.